The van der Waals surface area contributed by atoms with Crippen LogP contribution < -0.4 is 0 Å². The molecule has 9 heteroatoms. The molecule has 1 rings (SSSR count). The average molecular weight is 465 g/mol. The number of nitrogens with zero attached hydrogens (tertiary/aromatic N) is 1. The van der Waals surface area contributed by atoms with E-state index in [1.165, 1.54) is 57.5 Å². The van der Waals surface area contributed by atoms with Gasteiger partial charge < -0.3 is 34.4 Å². The average Bonchev–Trinajstić information content (AvgIpc) is 2.65. The van der Waals surface area contributed by atoms with E-state index < -0.39 is 44.7 Å². The van der Waals surface area contributed by atoms with Gasteiger partial charge in [0, 0.05) is 14.7 Å². The Morgan fingerprint density at radius 2 is 1.42 bits per heavy atom. The first-order valence-electron chi connectivity index (χ1n) is 11.7. The molecule has 31 heavy (non-hydrogen) atoms. The fourth-order valence-electron chi connectivity index (χ4n) is 3.84. The second kappa shape index (κ2) is 13.2. The number of ether oxygens (including phenoxy) is 2. The van der Waals surface area contributed by atoms with Gasteiger partial charge in [-0.05, 0) is 18.9 Å². The van der Waals surface area contributed by atoms with Gasteiger partial charge in [0.15, 0.2) is 12.4 Å². The molecule has 4 N–H and O–H groups in total. The second-order valence-corrected chi connectivity index (χ2v) is 16.1. The number of aliphatic carboxylic acids is 1. The van der Waals surface area contributed by atoms with Crippen LogP contribution in [0.3, 0.4) is 0 Å². The number of rotatable bonds is 15. The van der Waals surface area contributed by atoms with Gasteiger partial charge in [-0.1, -0.05) is 51.2 Å². The Morgan fingerprint density at radius 3 is 1.97 bits per heavy atom. The molecule has 1 unspecified atom stereocenters. The molecule has 8 nitrogen and oxygen atoms in total. The lowest BCUT2D eigenvalue weighted by Gasteiger charge is -2.38. The first-order valence-corrected chi connectivity index (χ1v) is 15.1. The number of carboxylic acid groups (broad SMARTS) is 1. The number of carboxylic acids is 1. The molecule has 5 atom stereocenters. The van der Waals surface area contributed by atoms with E-state index in [0.29, 0.717) is 6.61 Å². The zero-order valence-corrected chi connectivity index (χ0v) is 21.1. The van der Waals surface area contributed by atoms with Crippen LogP contribution in [-0.4, -0.2) is 104 Å². The minimum absolute atomic E-state index is 0.336. The third-order valence-electron chi connectivity index (χ3n) is 6.06. The number of aliphatic hydroxyl groups excluding tert-OH is 3. The fraction of sp³-hybridized carbons (Fsp3) is 0.955. The summed E-state index contributed by atoms with van der Waals surface area (Å²) in [6.07, 6.45) is 1.35. The van der Waals surface area contributed by atoms with E-state index >= 15 is 0 Å². The quantitative estimate of drug-likeness (QED) is 0.166. The molecule has 0 bridgehead atoms. The van der Waals surface area contributed by atoms with Crippen LogP contribution in [0.4, 0.5) is 0 Å². The summed E-state index contributed by atoms with van der Waals surface area (Å²) < 4.78 is 11.8. The summed E-state index contributed by atoms with van der Waals surface area (Å²) >= 11 is 0. The van der Waals surface area contributed by atoms with Gasteiger partial charge >= 0.3 is 5.97 Å². The van der Waals surface area contributed by atoms with E-state index in [-0.39, 0.29) is 0 Å². The molecule has 1 aliphatic heterocycles. The fourth-order valence-corrected chi connectivity index (χ4v) is 5.97. The molecule has 1 saturated heterocycles. The van der Waals surface area contributed by atoms with E-state index in [1.54, 1.807) is 0 Å². The Labute approximate surface area is 188 Å². The van der Waals surface area contributed by atoms with Gasteiger partial charge in [-0.2, -0.15) is 0 Å². The highest BCUT2D eigenvalue weighted by atomic mass is 28.3. The van der Waals surface area contributed by atoms with E-state index in [2.05, 4.69) is 34.2 Å². The van der Waals surface area contributed by atoms with E-state index in [4.69, 9.17) is 14.6 Å². The van der Waals surface area contributed by atoms with E-state index in [1.807, 2.05) is 0 Å². The van der Waals surface area contributed by atoms with E-state index in [9.17, 15) is 20.1 Å². The van der Waals surface area contributed by atoms with Crippen LogP contribution in [0.5, 0.6) is 0 Å². The minimum Gasteiger partial charge on any atom is -0.479 e. The number of aliphatic hydroxyl groups is 3. The van der Waals surface area contributed by atoms with Gasteiger partial charge in [0.2, 0.25) is 0 Å². The zero-order chi connectivity index (χ0) is 23.7. The molecule has 0 amide bonds. The highest BCUT2D eigenvalue weighted by molar-refractivity contribution is 6.77. The van der Waals surface area contributed by atoms with Crippen LogP contribution in [0.2, 0.25) is 25.2 Å². The van der Waals surface area contributed by atoms with E-state index in [0.717, 1.165) is 10.5 Å². The monoisotopic (exact) mass is 464 g/mol. The van der Waals surface area contributed by atoms with Crippen molar-refractivity contribution in [1.29, 1.82) is 0 Å². The molecule has 0 aromatic rings. The van der Waals surface area contributed by atoms with Crippen molar-refractivity contribution >= 4 is 14.0 Å². The molecule has 1 aliphatic rings. The molecule has 1 fully saturated rings. The Hall–Kier alpha value is -0.553. The lowest BCUT2D eigenvalue weighted by atomic mass is 9.99. The van der Waals surface area contributed by atoms with Gasteiger partial charge in [-0.25, -0.2) is 4.79 Å². The topological polar surface area (TPSA) is 116 Å². The van der Waals surface area contributed by atoms with Crippen molar-refractivity contribution < 1.29 is 39.2 Å². The summed E-state index contributed by atoms with van der Waals surface area (Å²) in [4.78, 5) is 11.2. The van der Waals surface area contributed by atoms with Crippen LogP contribution in [-0.2, 0) is 14.3 Å². The number of quaternary nitrogens is 1. The molecule has 0 saturated carbocycles. The van der Waals surface area contributed by atoms with Crippen LogP contribution in [0, 0.1) is 0 Å². The lowest BCUT2D eigenvalue weighted by Crippen LogP contribution is -2.60. The molecule has 0 radical (unpaired) electrons. The van der Waals surface area contributed by atoms with Gasteiger partial charge in [0.1, 0.15) is 18.3 Å². The molecular weight excluding hydrogens is 418 g/mol. The van der Waals surface area contributed by atoms with Crippen LogP contribution >= 0.6 is 0 Å². The molecule has 0 spiro atoms. The number of unbranched alkanes of at least 4 members (excludes halogenated alkanes) is 6. The summed E-state index contributed by atoms with van der Waals surface area (Å²) in [7, 11) is 5.24. The number of carbonyl (C=O) groups is 1. The summed E-state index contributed by atoms with van der Waals surface area (Å²) in [5.41, 5.74) is 0. The van der Waals surface area contributed by atoms with Crippen LogP contribution in [0.1, 0.15) is 44.9 Å². The minimum atomic E-state index is -1.68. The molecule has 0 aliphatic carbocycles. The third-order valence-corrected chi connectivity index (χ3v) is 9.32. The standard InChI is InChI=1S/C22H45NO7Si/c1-23(2,3)13-11-9-7-6-8-10-12-15-31(4,5)16-14-29-22-19(26)17(24)18(25)20(30-22)21(27)28/h17-20,22,24-26H,6-16H2,1-5H3/p+1/t17-,18+,19+,20-,22?/m0/s1. The Morgan fingerprint density at radius 1 is 0.871 bits per heavy atom. The maximum Gasteiger partial charge on any atom is 0.335 e. The number of hydrogen-bond acceptors (Lipinski definition) is 6. The highest BCUT2D eigenvalue weighted by Gasteiger charge is 2.47. The second-order valence-electron chi connectivity index (χ2n) is 10.8. The smallest absolute Gasteiger partial charge is 0.335 e. The summed E-state index contributed by atoms with van der Waals surface area (Å²) in [5, 5.41) is 38.7. The Bertz CT molecular complexity index is 526. The highest BCUT2D eigenvalue weighted by Crippen LogP contribution is 2.25. The van der Waals surface area contributed by atoms with Crippen LogP contribution in [0.15, 0.2) is 0 Å². The summed E-state index contributed by atoms with van der Waals surface area (Å²) in [6, 6.07) is 2.06. The molecule has 0 aromatic heterocycles. The van der Waals surface area contributed by atoms with Gasteiger partial charge in [-0.3, -0.25) is 0 Å². The number of hydrogen-bond donors (Lipinski definition) is 4. The largest absolute Gasteiger partial charge is 0.479 e. The van der Waals surface area contributed by atoms with Crippen molar-refractivity contribution in [2.75, 3.05) is 34.3 Å². The zero-order valence-electron chi connectivity index (χ0n) is 20.1. The SMILES string of the molecule is C[N+](C)(C)CCCCCCCCC[Si](C)(C)CCOC1O[C@H](C(=O)O)[C@H](O)[C@H](O)[C@H]1O. The van der Waals surface area contributed by atoms with Crippen molar-refractivity contribution in [1.82, 2.24) is 0 Å². The molecule has 1 heterocycles. The maximum absolute atomic E-state index is 11.2. The predicted octanol–water partition coefficient (Wildman–Crippen LogP) is 2.04. The van der Waals surface area contributed by atoms with Crippen molar-refractivity contribution in [3.63, 3.8) is 0 Å². The molecule has 184 valence electrons. The van der Waals surface area contributed by atoms with Crippen LogP contribution in [0.25, 0.3) is 0 Å². The van der Waals surface area contributed by atoms with Gasteiger partial charge in [0.25, 0.3) is 0 Å². The molecule has 0 aromatic carbocycles. The van der Waals surface area contributed by atoms with Crippen molar-refractivity contribution in [2.24, 2.45) is 0 Å². The maximum atomic E-state index is 11.2. The molecular formula is C22H46NO7Si+. The third kappa shape index (κ3) is 11.2. The Kier molecular flexibility index (Phi) is 12.2. The van der Waals surface area contributed by atoms with Crippen molar-refractivity contribution in [3.8, 4) is 0 Å². The first-order chi connectivity index (χ1) is 14.3. The van der Waals surface area contributed by atoms with Gasteiger partial charge in [0.05, 0.1) is 27.7 Å². The predicted molar refractivity (Wildman–Crippen MR) is 123 cm³/mol. The van der Waals surface area contributed by atoms with Crippen molar-refractivity contribution in [2.45, 2.75) is 101 Å². The van der Waals surface area contributed by atoms with Crippen molar-refractivity contribution in [3.05, 3.63) is 0 Å². The first kappa shape index (κ1) is 28.5. The Balaban J connectivity index is 2.19. The normalized spacial score (nSPS) is 27.4. The summed E-state index contributed by atoms with van der Waals surface area (Å²) in [6.45, 7) is 6.18. The summed E-state index contributed by atoms with van der Waals surface area (Å²) in [5.74, 6) is -1.39. The van der Waals surface area contributed by atoms with Gasteiger partial charge in [-0.15, -0.1) is 0 Å². The lowest BCUT2D eigenvalue weighted by molar-refractivity contribution is -0.870.